The first-order chi connectivity index (χ1) is 14.5. The van der Waals surface area contributed by atoms with Gasteiger partial charge in [0.1, 0.15) is 17.4 Å². The summed E-state index contributed by atoms with van der Waals surface area (Å²) >= 11 is 0. The highest BCUT2D eigenvalue weighted by Crippen LogP contribution is 2.18. The third-order valence-corrected chi connectivity index (χ3v) is 4.45. The maximum atomic E-state index is 12.4. The molecule has 3 aromatic rings. The Labute approximate surface area is 175 Å². The average molecular weight is 396 g/mol. The Bertz CT molecular complexity index is 1140. The van der Waals surface area contributed by atoms with E-state index in [1.165, 1.54) is 6.08 Å². The van der Waals surface area contributed by atoms with Gasteiger partial charge in [-0.1, -0.05) is 48.0 Å². The van der Waals surface area contributed by atoms with Crippen LogP contribution in [0.4, 0.5) is 5.69 Å². The number of hydrogen-bond donors (Lipinski definition) is 1. The zero-order chi connectivity index (χ0) is 21.5. The summed E-state index contributed by atoms with van der Waals surface area (Å²) in [4.78, 5) is 24.6. The Balaban J connectivity index is 1.69. The monoisotopic (exact) mass is 396 g/mol. The number of nitrogens with zero attached hydrogens (tertiary/aromatic N) is 1. The predicted octanol–water partition coefficient (Wildman–Crippen LogP) is 5.07. The molecule has 0 aliphatic heterocycles. The van der Waals surface area contributed by atoms with Crippen LogP contribution in [0.15, 0.2) is 78.4 Å². The summed E-state index contributed by atoms with van der Waals surface area (Å²) in [5.74, 6) is -0.559. The topological polar surface area (TPSA) is 79.2 Å². The number of carbonyl (C=O) groups excluding carboxylic acids is 2. The molecule has 148 valence electrons. The van der Waals surface area contributed by atoms with Crippen LogP contribution in [-0.2, 0) is 4.79 Å². The summed E-state index contributed by atoms with van der Waals surface area (Å²) in [6, 6.07) is 23.0. The largest absolute Gasteiger partial charge is 0.423 e. The van der Waals surface area contributed by atoms with Crippen LogP contribution in [0.5, 0.6) is 5.75 Å². The normalized spacial score (nSPS) is 10.8. The lowest BCUT2D eigenvalue weighted by Crippen LogP contribution is -2.14. The fraction of sp³-hybridized carbons (Fsp3) is 0.0800. The molecule has 30 heavy (non-hydrogen) atoms. The van der Waals surface area contributed by atoms with Gasteiger partial charge in [0.05, 0.1) is 5.56 Å². The quantitative estimate of drug-likeness (QED) is 0.283. The Kier molecular flexibility index (Phi) is 6.41. The van der Waals surface area contributed by atoms with Crippen molar-refractivity contribution < 1.29 is 14.3 Å². The molecule has 0 aromatic heterocycles. The molecule has 5 nitrogen and oxygen atoms in total. The summed E-state index contributed by atoms with van der Waals surface area (Å²) in [7, 11) is 0. The highest BCUT2D eigenvalue weighted by molar-refractivity contribution is 6.10. The Morgan fingerprint density at radius 3 is 2.23 bits per heavy atom. The average Bonchev–Trinajstić information content (AvgIpc) is 2.75. The van der Waals surface area contributed by atoms with Gasteiger partial charge in [0.25, 0.3) is 5.91 Å². The van der Waals surface area contributed by atoms with Gasteiger partial charge in [0, 0.05) is 5.69 Å². The molecule has 0 unspecified atom stereocenters. The first-order valence-corrected chi connectivity index (χ1v) is 9.34. The van der Waals surface area contributed by atoms with E-state index < -0.39 is 11.9 Å². The van der Waals surface area contributed by atoms with Crippen LogP contribution >= 0.6 is 0 Å². The van der Waals surface area contributed by atoms with Crippen molar-refractivity contribution in [1.29, 1.82) is 5.26 Å². The van der Waals surface area contributed by atoms with Gasteiger partial charge in [-0.2, -0.15) is 5.26 Å². The minimum Gasteiger partial charge on any atom is -0.423 e. The van der Waals surface area contributed by atoms with E-state index in [1.54, 1.807) is 42.5 Å². The second kappa shape index (κ2) is 9.35. The van der Waals surface area contributed by atoms with Gasteiger partial charge in [-0.15, -0.1) is 0 Å². The van der Waals surface area contributed by atoms with Crippen LogP contribution in [-0.4, -0.2) is 11.9 Å². The first kappa shape index (κ1) is 20.6. The number of nitriles is 1. The van der Waals surface area contributed by atoms with Gasteiger partial charge in [0.2, 0.25) is 0 Å². The molecule has 0 saturated heterocycles. The van der Waals surface area contributed by atoms with Crippen molar-refractivity contribution in [2.24, 2.45) is 0 Å². The first-order valence-electron chi connectivity index (χ1n) is 9.34. The Hall–Kier alpha value is -4.17. The molecule has 0 heterocycles. The van der Waals surface area contributed by atoms with Crippen LogP contribution in [0.1, 0.15) is 27.0 Å². The molecular formula is C25H20N2O3. The number of ether oxygens (including phenoxy) is 1. The maximum Gasteiger partial charge on any atom is 0.343 e. The predicted molar refractivity (Wildman–Crippen MR) is 116 cm³/mol. The van der Waals surface area contributed by atoms with Gasteiger partial charge in [0.15, 0.2) is 0 Å². The number of amides is 1. The van der Waals surface area contributed by atoms with Crippen molar-refractivity contribution in [3.8, 4) is 11.8 Å². The zero-order valence-electron chi connectivity index (χ0n) is 16.7. The van der Waals surface area contributed by atoms with Gasteiger partial charge in [-0.3, -0.25) is 4.79 Å². The molecule has 0 atom stereocenters. The van der Waals surface area contributed by atoms with Crippen LogP contribution in [0.3, 0.4) is 0 Å². The van der Waals surface area contributed by atoms with Crippen molar-refractivity contribution in [2.45, 2.75) is 13.8 Å². The fourth-order valence-electron chi connectivity index (χ4n) is 2.71. The molecule has 0 bridgehead atoms. The van der Waals surface area contributed by atoms with E-state index in [2.05, 4.69) is 5.32 Å². The number of aryl methyl sites for hydroxylation is 2. The molecular weight excluding hydrogens is 376 g/mol. The number of rotatable bonds is 5. The SMILES string of the molecule is Cc1ccc(C(=O)Oc2ccc(C=C(C#N)C(=O)Nc3ccccc3C)cc2)cc1. The smallest absolute Gasteiger partial charge is 0.343 e. The van der Waals surface area contributed by atoms with Crippen LogP contribution in [0.2, 0.25) is 0 Å². The van der Waals surface area contributed by atoms with Crippen LogP contribution in [0.25, 0.3) is 6.08 Å². The number of hydrogen-bond acceptors (Lipinski definition) is 4. The fourth-order valence-corrected chi connectivity index (χ4v) is 2.71. The Morgan fingerprint density at radius 2 is 1.60 bits per heavy atom. The number of para-hydroxylation sites is 1. The third kappa shape index (κ3) is 5.21. The molecule has 1 N–H and O–H groups in total. The van der Waals surface area contributed by atoms with E-state index >= 15 is 0 Å². The summed E-state index contributed by atoms with van der Waals surface area (Å²) in [6.07, 6.45) is 1.49. The van der Waals surface area contributed by atoms with E-state index in [9.17, 15) is 14.9 Å². The van der Waals surface area contributed by atoms with E-state index in [4.69, 9.17) is 4.74 Å². The summed E-state index contributed by atoms with van der Waals surface area (Å²) in [5.41, 5.74) is 3.70. The van der Waals surface area contributed by atoms with Crippen LogP contribution in [0, 0.1) is 25.2 Å². The van der Waals surface area contributed by atoms with E-state index in [0.29, 0.717) is 22.6 Å². The lowest BCUT2D eigenvalue weighted by atomic mass is 10.1. The standard InChI is InChI=1S/C25H20N2O3/c1-17-7-11-20(12-8-17)25(29)30-22-13-9-19(10-14-22)15-21(16-26)24(28)27-23-6-4-3-5-18(23)2/h3-15H,1-2H3,(H,27,28). The lowest BCUT2D eigenvalue weighted by molar-refractivity contribution is -0.112. The summed E-state index contributed by atoms with van der Waals surface area (Å²) in [6.45, 7) is 3.82. The number of nitrogens with one attached hydrogen (secondary N) is 1. The van der Waals surface area contributed by atoms with Crippen molar-refractivity contribution >= 4 is 23.6 Å². The minimum absolute atomic E-state index is 0.0253. The van der Waals surface area contributed by atoms with E-state index in [0.717, 1.165) is 11.1 Å². The van der Waals surface area contributed by atoms with Gasteiger partial charge in [-0.25, -0.2) is 4.79 Å². The lowest BCUT2D eigenvalue weighted by Gasteiger charge is -2.07. The summed E-state index contributed by atoms with van der Waals surface area (Å²) in [5, 5.41) is 12.1. The molecule has 0 saturated carbocycles. The zero-order valence-corrected chi connectivity index (χ0v) is 16.7. The highest BCUT2D eigenvalue weighted by Gasteiger charge is 2.11. The second-order valence-electron chi connectivity index (χ2n) is 6.76. The molecule has 0 aliphatic rings. The number of esters is 1. The Morgan fingerprint density at radius 1 is 0.933 bits per heavy atom. The van der Waals surface area contributed by atoms with Crippen molar-refractivity contribution in [3.05, 3.63) is 101 Å². The van der Waals surface area contributed by atoms with E-state index in [1.807, 2.05) is 50.2 Å². The highest BCUT2D eigenvalue weighted by atomic mass is 16.5. The third-order valence-electron chi connectivity index (χ3n) is 4.45. The molecule has 1 amide bonds. The number of benzene rings is 3. The van der Waals surface area contributed by atoms with Gasteiger partial charge < -0.3 is 10.1 Å². The van der Waals surface area contributed by atoms with E-state index in [-0.39, 0.29) is 5.57 Å². The maximum absolute atomic E-state index is 12.4. The van der Waals surface area contributed by atoms with Gasteiger partial charge in [-0.05, 0) is 61.4 Å². The number of carbonyl (C=O) groups is 2. The van der Waals surface area contributed by atoms with Crippen molar-refractivity contribution in [2.75, 3.05) is 5.32 Å². The second-order valence-corrected chi connectivity index (χ2v) is 6.76. The number of anilines is 1. The minimum atomic E-state index is -0.485. The van der Waals surface area contributed by atoms with Crippen molar-refractivity contribution in [3.63, 3.8) is 0 Å². The molecule has 5 heteroatoms. The van der Waals surface area contributed by atoms with Crippen molar-refractivity contribution in [1.82, 2.24) is 0 Å². The molecule has 0 radical (unpaired) electrons. The summed E-state index contributed by atoms with van der Waals surface area (Å²) < 4.78 is 5.36. The molecule has 0 spiro atoms. The molecule has 0 fully saturated rings. The van der Waals surface area contributed by atoms with Gasteiger partial charge >= 0.3 is 5.97 Å². The molecule has 3 aromatic carbocycles. The molecule has 0 aliphatic carbocycles. The van der Waals surface area contributed by atoms with Crippen LogP contribution < -0.4 is 10.1 Å². The molecule has 3 rings (SSSR count).